The predicted molar refractivity (Wildman–Crippen MR) is 99.5 cm³/mol. The van der Waals surface area contributed by atoms with Crippen LogP contribution in [0.25, 0.3) is 0 Å². The first-order chi connectivity index (χ1) is 9.40. The summed E-state index contributed by atoms with van der Waals surface area (Å²) >= 11 is 6.57. The van der Waals surface area contributed by atoms with Crippen LogP contribution in [0.2, 0.25) is 0 Å². The zero-order valence-corrected chi connectivity index (χ0v) is 18.4. The van der Waals surface area contributed by atoms with E-state index in [1.54, 1.807) is 24.3 Å². The van der Waals surface area contributed by atoms with Crippen LogP contribution in [-0.4, -0.2) is 17.1 Å². The van der Waals surface area contributed by atoms with Gasteiger partial charge in [0, 0.05) is 20.1 Å². The van der Waals surface area contributed by atoms with Crippen LogP contribution in [0.4, 0.5) is 0 Å². The summed E-state index contributed by atoms with van der Waals surface area (Å²) in [6.07, 6.45) is 0. The summed E-state index contributed by atoms with van der Waals surface area (Å²) in [5.41, 5.74) is 12.0. The number of hydrogen-bond acceptors (Lipinski definition) is 3. The van der Waals surface area contributed by atoms with Gasteiger partial charge in [0.2, 0.25) is 0 Å². The van der Waals surface area contributed by atoms with E-state index >= 15 is 0 Å². The first-order valence-corrected chi connectivity index (χ1v) is 7.18. The van der Waals surface area contributed by atoms with Crippen LogP contribution in [0, 0.1) is 10.8 Å². The van der Waals surface area contributed by atoms with Crippen molar-refractivity contribution in [1.29, 1.82) is 10.8 Å². The van der Waals surface area contributed by atoms with Gasteiger partial charge in [0.15, 0.2) is 0 Å². The molecule has 0 unspecified atom stereocenters. The Kier molecular flexibility index (Phi) is 16.7. The normalized spacial score (nSPS) is 8.09. The minimum absolute atomic E-state index is 0. The molecular weight excluding hydrogens is 458 g/mol. The topological polar surface area (TPSA) is 130 Å². The maximum absolute atomic E-state index is 7.07. The minimum atomic E-state index is 0. The first-order valence-electron chi connectivity index (χ1n) is 5.60. The van der Waals surface area contributed by atoms with E-state index in [9.17, 15) is 0 Å². The zero-order chi connectivity index (χ0) is 15.1. The molecule has 0 radical (unpaired) electrons. The summed E-state index contributed by atoms with van der Waals surface area (Å²) in [6, 6.07) is 14.6. The summed E-state index contributed by atoms with van der Waals surface area (Å²) in [5, 5.41) is 14.1. The smallest absolute Gasteiger partial charge is 0.870 e. The van der Waals surface area contributed by atoms with Gasteiger partial charge in [-0.2, -0.15) is 0 Å². The maximum Gasteiger partial charge on any atom is 1.00 e. The number of halogens is 3. The number of rotatable bonds is 2. The van der Waals surface area contributed by atoms with E-state index in [-0.39, 0.29) is 59.1 Å². The molecule has 7 N–H and O–H groups in total. The number of nitrogen functional groups attached to an aromatic ring is 2. The SMILES string of the molecule is Cl.N=C(N)c1ccc(Br)cc1.N=C(N)c1ccc(Br)cc1.[Na+].[OH-]. The van der Waals surface area contributed by atoms with Gasteiger partial charge in [0.05, 0.1) is 0 Å². The van der Waals surface area contributed by atoms with E-state index < -0.39 is 0 Å². The van der Waals surface area contributed by atoms with Crippen LogP contribution in [0.1, 0.15) is 11.1 Å². The fraction of sp³-hybridized carbons (Fsp3) is 0. The molecule has 0 aliphatic heterocycles. The molecule has 0 saturated heterocycles. The fourth-order valence-electron chi connectivity index (χ4n) is 1.26. The van der Waals surface area contributed by atoms with Gasteiger partial charge in [-0.1, -0.05) is 56.1 Å². The molecule has 0 atom stereocenters. The Balaban J connectivity index is -0.000000308. The van der Waals surface area contributed by atoms with Gasteiger partial charge in [-0.05, 0) is 24.3 Å². The Morgan fingerprint density at radius 1 is 0.696 bits per heavy atom. The predicted octanol–water partition coefficient (Wildman–Crippen LogP) is 0.715. The Morgan fingerprint density at radius 3 is 1.09 bits per heavy atom. The monoisotopic (exact) mass is 472 g/mol. The second kappa shape index (κ2) is 14.0. The molecule has 0 amide bonds. The number of nitrogens with two attached hydrogens (primary N) is 2. The zero-order valence-electron chi connectivity index (χ0n) is 12.4. The summed E-state index contributed by atoms with van der Waals surface area (Å²) in [6.45, 7) is 0. The molecule has 0 aliphatic carbocycles. The Bertz CT molecular complexity index is 554. The maximum atomic E-state index is 7.07. The Hall–Kier alpha value is -0.410. The van der Waals surface area contributed by atoms with Gasteiger partial charge >= 0.3 is 29.6 Å². The second-order valence-corrected chi connectivity index (χ2v) is 5.67. The molecule has 0 bridgehead atoms. The molecule has 0 fully saturated rings. The van der Waals surface area contributed by atoms with Gasteiger partial charge in [0.25, 0.3) is 0 Å². The van der Waals surface area contributed by atoms with E-state index in [0.717, 1.165) is 20.1 Å². The third kappa shape index (κ3) is 10.9. The van der Waals surface area contributed by atoms with Crippen LogP contribution >= 0.6 is 44.3 Å². The van der Waals surface area contributed by atoms with Crippen molar-refractivity contribution in [1.82, 2.24) is 0 Å². The minimum Gasteiger partial charge on any atom is -0.870 e. The number of benzene rings is 2. The van der Waals surface area contributed by atoms with Gasteiger partial charge in [-0.15, -0.1) is 12.4 Å². The molecule has 0 spiro atoms. The largest absolute Gasteiger partial charge is 1.00 e. The molecule has 120 valence electrons. The molecule has 5 nitrogen and oxygen atoms in total. The van der Waals surface area contributed by atoms with Crippen molar-refractivity contribution in [3.05, 3.63) is 68.6 Å². The fourth-order valence-corrected chi connectivity index (χ4v) is 1.79. The summed E-state index contributed by atoms with van der Waals surface area (Å²) < 4.78 is 2.00. The van der Waals surface area contributed by atoms with E-state index in [4.69, 9.17) is 22.3 Å². The standard InChI is InChI=1S/2C7H7BrN2.ClH.Na.H2O/c2*8-6-3-1-5(2-4-6)7(9)10;;;/h2*1-4H,(H3,9,10);1H;;1H2/q;;;+1;/p-1. The van der Waals surface area contributed by atoms with Gasteiger partial charge in [-0.3, -0.25) is 10.8 Å². The number of hydrogen-bond donors (Lipinski definition) is 4. The summed E-state index contributed by atoms with van der Waals surface area (Å²) in [7, 11) is 0. The van der Waals surface area contributed by atoms with Crippen LogP contribution in [0.5, 0.6) is 0 Å². The molecule has 2 aromatic carbocycles. The quantitative estimate of drug-likeness (QED) is 0.291. The molecular formula is C14H16Br2ClN4NaO. The third-order valence-corrected chi connectivity index (χ3v) is 3.37. The van der Waals surface area contributed by atoms with Crippen molar-refractivity contribution in [2.75, 3.05) is 0 Å². The van der Waals surface area contributed by atoms with Gasteiger partial charge in [0.1, 0.15) is 11.7 Å². The van der Waals surface area contributed by atoms with E-state index in [2.05, 4.69) is 31.9 Å². The molecule has 0 aliphatic rings. The van der Waals surface area contributed by atoms with Crippen molar-refractivity contribution < 1.29 is 35.0 Å². The molecule has 0 saturated carbocycles. The summed E-state index contributed by atoms with van der Waals surface area (Å²) in [4.78, 5) is 0. The van der Waals surface area contributed by atoms with Crippen LogP contribution in [-0.2, 0) is 0 Å². The number of amidine groups is 2. The van der Waals surface area contributed by atoms with Crippen molar-refractivity contribution in [2.45, 2.75) is 0 Å². The Labute approximate surface area is 180 Å². The Morgan fingerprint density at radius 2 is 0.913 bits per heavy atom. The van der Waals surface area contributed by atoms with Gasteiger partial charge in [-0.25, -0.2) is 0 Å². The van der Waals surface area contributed by atoms with E-state index in [1.807, 2.05) is 24.3 Å². The van der Waals surface area contributed by atoms with Crippen LogP contribution < -0.4 is 41.0 Å². The molecule has 0 heterocycles. The van der Waals surface area contributed by atoms with Crippen molar-refractivity contribution in [3.8, 4) is 0 Å². The molecule has 23 heavy (non-hydrogen) atoms. The summed E-state index contributed by atoms with van der Waals surface area (Å²) in [5.74, 6) is 0.208. The second-order valence-electron chi connectivity index (χ2n) is 3.84. The average Bonchev–Trinajstić information content (AvgIpc) is 2.40. The third-order valence-electron chi connectivity index (χ3n) is 2.31. The number of nitrogens with one attached hydrogen (secondary N) is 2. The van der Waals surface area contributed by atoms with E-state index in [1.165, 1.54) is 0 Å². The average molecular weight is 475 g/mol. The molecule has 9 heteroatoms. The molecule has 2 aromatic rings. The van der Waals surface area contributed by atoms with Crippen molar-refractivity contribution >= 4 is 55.9 Å². The van der Waals surface area contributed by atoms with Crippen LogP contribution in [0.15, 0.2) is 57.5 Å². The first kappa shape index (κ1) is 27.4. The van der Waals surface area contributed by atoms with E-state index in [0.29, 0.717) is 0 Å². The molecule has 2 rings (SSSR count). The van der Waals surface area contributed by atoms with Crippen molar-refractivity contribution in [3.63, 3.8) is 0 Å². The van der Waals surface area contributed by atoms with Gasteiger partial charge < -0.3 is 16.9 Å². The van der Waals surface area contributed by atoms with Crippen molar-refractivity contribution in [2.24, 2.45) is 11.5 Å². The van der Waals surface area contributed by atoms with Crippen LogP contribution in [0.3, 0.4) is 0 Å². The molecule has 0 aromatic heterocycles.